The first-order valence-electron chi connectivity index (χ1n) is 10.7. The van der Waals surface area contributed by atoms with Crippen LogP contribution in [0.2, 0.25) is 0 Å². The highest BCUT2D eigenvalue weighted by Crippen LogP contribution is 2.41. The summed E-state index contributed by atoms with van der Waals surface area (Å²) in [6, 6.07) is 5.55. The van der Waals surface area contributed by atoms with E-state index in [9.17, 15) is 13.2 Å². The third-order valence-corrected chi connectivity index (χ3v) is 9.89. The van der Waals surface area contributed by atoms with Gasteiger partial charge in [-0.25, -0.2) is 8.42 Å². The Hall–Kier alpha value is -2.08. The molecule has 1 aliphatic carbocycles. The Labute approximate surface area is 194 Å². The molecule has 2 aliphatic rings. The van der Waals surface area contributed by atoms with Gasteiger partial charge in [-0.3, -0.25) is 4.79 Å². The first-order chi connectivity index (χ1) is 15.4. The number of carbonyl (C=O) groups is 1. The van der Waals surface area contributed by atoms with E-state index in [0.717, 1.165) is 17.7 Å². The molecule has 1 aliphatic heterocycles. The van der Waals surface area contributed by atoms with E-state index < -0.39 is 10.0 Å². The predicted molar refractivity (Wildman–Crippen MR) is 122 cm³/mol. The highest BCUT2D eigenvalue weighted by Gasteiger charge is 2.35. The topological polar surface area (TPSA) is 105 Å². The van der Waals surface area contributed by atoms with Crippen LogP contribution in [0.3, 0.4) is 0 Å². The summed E-state index contributed by atoms with van der Waals surface area (Å²) in [5, 5.41) is 8.95. The van der Waals surface area contributed by atoms with Crippen LogP contribution in [0.1, 0.15) is 47.2 Å². The van der Waals surface area contributed by atoms with E-state index in [-0.39, 0.29) is 23.3 Å². The number of thiophene rings is 2. The number of hydrogen-bond donors (Lipinski definition) is 1. The maximum absolute atomic E-state index is 13.4. The number of aryl methyl sites for hydroxylation is 1. The average molecular weight is 493 g/mol. The van der Waals surface area contributed by atoms with Gasteiger partial charge in [0.05, 0.1) is 22.2 Å². The van der Waals surface area contributed by atoms with Gasteiger partial charge in [-0.05, 0) is 50.1 Å². The van der Waals surface area contributed by atoms with Gasteiger partial charge in [-0.2, -0.15) is 9.29 Å². The molecule has 1 N–H and O–H groups in total. The van der Waals surface area contributed by atoms with E-state index in [2.05, 4.69) is 15.5 Å². The van der Waals surface area contributed by atoms with Crippen molar-refractivity contribution in [3.63, 3.8) is 0 Å². The fourth-order valence-electron chi connectivity index (χ4n) is 3.91. The Morgan fingerprint density at radius 3 is 2.94 bits per heavy atom. The molecule has 1 saturated heterocycles. The largest absolute Gasteiger partial charge is 0.351 e. The van der Waals surface area contributed by atoms with Crippen molar-refractivity contribution in [3.8, 4) is 10.7 Å². The van der Waals surface area contributed by atoms with Crippen molar-refractivity contribution in [2.45, 2.75) is 50.0 Å². The zero-order valence-corrected chi connectivity index (χ0v) is 20.1. The van der Waals surface area contributed by atoms with E-state index in [1.165, 1.54) is 15.6 Å². The summed E-state index contributed by atoms with van der Waals surface area (Å²) in [6.45, 7) is 2.87. The lowest BCUT2D eigenvalue weighted by Crippen LogP contribution is -2.45. The minimum Gasteiger partial charge on any atom is -0.351 e. The molecular formula is C21H24N4O4S3. The van der Waals surface area contributed by atoms with Crippen molar-refractivity contribution in [2.24, 2.45) is 5.92 Å². The van der Waals surface area contributed by atoms with Gasteiger partial charge in [0.15, 0.2) is 0 Å². The van der Waals surface area contributed by atoms with Crippen molar-refractivity contribution in [1.29, 1.82) is 0 Å². The molecule has 3 aromatic rings. The summed E-state index contributed by atoms with van der Waals surface area (Å²) >= 11 is 2.93. The average Bonchev–Trinajstić information content (AvgIpc) is 3.18. The molecule has 5 rings (SSSR count). The van der Waals surface area contributed by atoms with Crippen molar-refractivity contribution < 1.29 is 17.7 Å². The molecule has 1 atom stereocenters. The van der Waals surface area contributed by atoms with Gasteiger partial charge in [-0.15, -0.1) is 22.7 Å². The monoisotopic (exact) mass is 492 g/mol. The molecule has 1 saturated carbocycles. The van der Waals surface area contributed by atoms with Crippen LogP contribution < -0.4 is 5.32 Å². The lowest BCUT2D eigenvalue weighted by Gasteiger charge is -2.31. The van der Waals surface area contributed by atoms with E-state index >= 15 is 0 Å². The minimum atomic E-state index is -3.72. The molecule has 32 heavy (non-hydrogen) atoms. The van der Waals surface area contributed by atoms with Crippen LogP contribution in [-0.4, -0.2) is 41.9 Å². The Kier molecular flexibility index (Phi) is 5.91. The molecule has 170 valence electrons. The number of nitrogens with zero attached hydrogens (tertiary/aromatic N) is 3. The van der Waals surface area contributed by atoms with Gasteiger partial charge in [0, 0.05) is 28.8 Å². The van der Waals surface area contributed by atoms with Gasteiger partial charge >= 0.3 is 0 Å². The molecule has 1 amide bonds. The van der Waals surface area contributed by atoms with Gasteiger partial charge < -0.3 is 9.84 Å². The molecule has 0 unspecified atom stereocenters. The third kappa shape index (κ3) is 4.39. The van der Waals surface area contributed by atoms with E-state index in [4.69, 9.17) is 4.52 Å². The zero-order chi connectivity index (χ0) is 22.3. The SMILES string of the molecule is Cc1sc(-c2noc(C3CC3)n2)cc1S(=O)(=O)N1CCC[C@H](C(=O)NCc2cccs2)C1. The summed E-state index contributed by atoms with van der Waals surface area (Å²) in [5.41, 5.74) is 0. The van der Waals surface area contributed by atoms with Crippen molar-refractivity contribution in [2.75, 3.05) is 13.1 Å². The number of nitrogens with one attached hydrogen (secondary N) is 1. The number of sulfonamides is 1. The van der Waals surface area contributed by atoms with E-state index in [0.29, 0.717) is 53.3 Å². The fourth-order valence-corrected chi connectivity index (χ4v) is 7.56. The van der Waals surface area contributed by atoms with Gasteiger partial charge in [0.25, 0.3) is 0 Å². The molecule has 0 spiro atoms. The highest BCUT2D eigenvalue weighted by molar-refractivity contribution is 7.89. The van der Waals surface area contributed by atoms with E-state index in [1.807, 2.05) is 17.5 Å². The normalized spacial score (nSPS) is 19.8. The predicted octanol–water partition coefficient (Wildman–Crippen LogP) is 3.76. The lowest BCUT2D eigenvalue weighted by molar-refractivity contribution is -0.126. The van der Waals surface area contributed by atoms with Gasteiger partial charge in [0.2, 0.25) is 27.6 Å². The van der Waals surface area contributed by atoms with Crippen LogP contribution in [0.5, 0.6) is 0 Å². The lowest BCUT2D eigenvalue weighted by atomic mass is 9.99. The van der Waals surface area contributed by atoms with Crippen LogP contribution >= 0.6 is 22.7 Å². The number of hydrogen-bond acceptors (Lipinski definition) is 8. The van der Waals surface area contributed by atoms with Crippen LogP contribution in [-0.2, 0) is 21.4 Å². The summed E-state index contributed by atoms with van der Waals surface area (Å²) in [6.07, 6.45) is 3.45. The molecule has 0 bridgehead atoms. The smallest absolute Gasteiger partial charge is 0.244 e. The molecule has 11 heteroatoms. The van der Waals surface area contributed by atoms with Crippen molar-refractivity contribution in [3.05, 3.63) is 39.2 Å². The van der Waals surface area contributed by atoms with Crippen LogP contribution in [0.25, 0.3) is 10.7 Å². The number of carbonyl (C=O) groups excluding carboxylic acids is 1. The Bertz CT molecular complexity index is 1210. The molecular weight excluding hydrogens is 468 g/mol. The summed E-state index contributed by atoms with van der Waals surface area (Å²) in [5.74, 6) is 0.959. The van der Waals surface area contributed by atoms with Crippen LogP contribution in [0.4, 0.5) is 0 Å². The molecule has 0 aromatic carbocycles. The number of rotatable bonds is 7. The standard InChI is InChI=1S/C21H24N4O4S3/c1-13-18(10-17(31-13)19-23-21(29-24-19)14-6-7-14)32(27,28)25-8-2-4-15(12-25)20(26)22-11-16-5-3-9-30-16/h3,5,9-10,14-15H,2,4,6-8,11-12H2,1H3,(H,22,26)/t15-/m0/s1. The second-order valence-corrected chi connectivity index (χ2v) is 12.5. The second kappa shape index (κ2) is 8.69. The summed E-state index contributed by atoms with van der Waals surface area (Å²) in [7, 11) is -3.72. The highest BCUT2D eigenvalue weighted by atomic mass is 32.2. The maximum atomic E-state index is 13.4. The Morgan fingerprint density at radius 2 is 2.19 bits per heavy atom. The fraction of sp³-hybridized carbons (Fsp3) is 0.476. The summed E-state index contributed by atoms with van der Waals surface area (Å²) < 4.78 is 33.6. The summed E-state index contributed by atoms with van der Waals surface area (Å²) in [4.78, 5) is 19.8. The van der Waals surface area contributed by atoms with Crippen LogP contribution in [0.15, 0.2) is 33.0 Å². The van der Waals surface area contributed by atoms with Gasteiger partial charge in [-0.1, -0.05) is 11.2 Å². The molecule has 3 aromatic heterocycles. The number of aromatic nitrogens is 2. The maximum Gasteiger partial charge on any atom is 0.244 e. The molecule has 0 radical (unpaired) electrons. The van der Waals surface area contributed by atoms with Crippen molar-refractivity contribution >= 4 is 38.6 Å². The van der Waals surface area contributed by atoms with E-state index in [1.54, 1.807) is 24.3 Å². The Balaban J connectivity index is 1.30. The molecule has 2 fully saturated rings. The minimum absolute atomic E-state index is 0.0968. The number of piperidine rings is 1. The first kappa shape index (κ1) is 21.7. The molecule has 4 heterocycles. The Morgan fingerprint density at radius 1 is 1.34 bits per heavy atom. The quantitative estimate of drug-likeness (QED) is 0.538. The van der Waals surface area contributed by atoms with Crippen molar-refractivity contribution in [1.82, 2.24) is 19.8 Å². The van der Waals surface area contributed by atoms with Crippen LogP contribution in [0, 0.1) is 12.8 Å². The second-order valence-electron chi connectivity index (χ2n) is 8.26. The third-order valence-electron chi connectivity index (χ3n) is 5.85. The number of amides is 1. The first-order valence-corrected chi connectivity index (χ1v) is 13.8. The van der Waals surface area contributed by atoms with Gasteiger partial charge in [0.1, 0.15) is 0 Å². The zero-order valence-electron chi connectivity index (χ0n) is 17.6. The molecule has 8 nitrogen and oxygen atoms in total.